The largest absolute Gasteiger partial charge is 0.397 e. The molecule has 0 aliphatic heterocycles. The SMILES string of the molecule is Nc1c(SOO)cc(Nc2ccccc2)c2c1C(=O)c1ccccc1C2=O. The Hall–Kier alpha value is -3.13. The lowest BCUT2D eigenvalue weighted by molar-refractivity contribution is -0.116. The predicted octanol–water partition coefficient (Wildman–Crippen LogP) is 4.28. The normalized spacial score (nSPS) is 12.5. The average Bonchev–Trinajstić information content (AvgIpc) is 2.69. The van der Waals surface area contributed by atoms with Crippen molar-refractivity contribution < 1.29 is 19.2 Å². The number of rotatable bonds is 4. The second-order valence-corrected chi connectivity index (χ2v) is 6.69. The van der Waals surface area contributed by atoms with Crippen molar-refractivity contribution in [3.05, 3.63) is 82.9 Å². The number of nitrogens with one attached hydrogen (secondary N) is 1. The summed E-state index contributed by atoms with van der Waals surface area (Å²) in [7, 11) is 0. The van der Waals surface area contributed by atoms with Gasteiger partial charge in [0.15, 0.2) is 11.6 Å². The number of nitrogens with two attached hydrogens (primary N) is 1. The third-order valence-corrected chi connectivity index (χ3v) is 4.97. The van der Waals surface area contributed by atoms with Crippen LogP contribution >= 0.6 is 12.0 Å². The molecule has 4 rings (SSSR count). The smallest absolute Gasteiger partial charge is 0.196 e. The quantitative estimate of drug-likeness (QED) is 0.211. The number of benzene rings is 3. The van der Waals surface area contributed by atoms with Gasteiger partial charge >= 0.3 is 0 Å². The zero-order valence-electron chi connectivity index (χ0n) is 13.9. The molecule has 0 spiro atoms. The molecule has 3 aromatic rings. The summed E-state index contributed by atoms with van der Waals surface area (Å²) >= 11 is 0.611. The van der Waals surface area contributed by atoms with Crippen LogP contribution in [0.4, 0.5) is 17.1 Å². The Bertz CT molecular complexity index is 1070. The zero-order chi connectivity index (χ0) is 19.0. The number of carbonyl (C=O) groups excluding carboxylic acids is 2. The Labute approximate surface area is 159 Å². The summed E-state index contributed by atoms with van der Waals surface area (Å²) in [6.07, 6.45) is 0. The molecular weight excluding hydrogens is 364 g/mol. The van der Waals surface area contributed by atoms with E-state index >= 15 is 0 Å². The minimum absolute atomic E-state index is 0.0931. The summed E-state index contributed by atoms with van der Waals surface area (Å²) in [6, 6.07) is 17.5. The van der Waals surface area contributed by atoms with Crippen LogP contribution in [0.5, 0.6) is 0 Å². The number of nitrogen functional groups attached to an aromatic ring is 1. The number of hydrogen-bond acceptors (Lipinski definition) is 7. The van der Waals surface area contributed by atoms with Gasteiger partial charge in [0.1, 0.15) is 0 Å². The average molecular weight is 378 g/mol. The Morgan fingerprint density at radius 1 is 0.889 bits per heavy atom. The first-order chi connectivity index (χ1) is 13.1. The summed E-state index contributed by atoms with van der Waals surface area (Å²) < 4.78 is 4.15. The number of para-hydroxylation sites is 1. The van der Waals surface area contributed by atoms with Gasteiger partial charge in [0, 0.05) is 16.8 Å². The molecule has 7 heteroatoms. The van der Waals surface area contributed by atoms with Crippen LogP contribution in [0.15, 0.2) is 65.6 Å². The van der Waals surface area contributed by atoms with Crippen molar-refractivity contribution >= 4 is 40.7 Å². The highest BCUT2D eigenvalue weighted by atomic mass is 32.2. The van der Waals surface area contributed by atoms with Crippen molar-refractivity contribution in [2.24, 2.45) is 0 Å². The number of carbonyl (C=O) groups is 2. The Morgan fingerprint density at radius 3 is 2.11 bits per heavy atom. The third kappa shape index (κ3) is 2.87. The molecule has 0 saturated heterocycles. The molecule has 4 N–H and O–H groups in total. The van der Waals surface area contributed by atoms with Crippen LogP contribution in [0, 0.1) is 0 Å². The van der Waals surface area contributed by atoms with Gasteiger partial charge in [-0.25, -0.2) is 5.26 Å². The van der Waals surface area contributed by atoms with E-state index in [0.717, 1.165) is 5.69 Å². The Balaban J connectivity index is 1.96. The third-order valence-electron chi connectivity index (χ3n) is 4.38. The van der Waals surface area contributed by atoms with E-state index in [2.05, 4.69) is 9.65 Å². The van der Waals surface area contributed by atoms with E-state index in [4.69, 9.17) is 11.0 Å². The van der Waals surface area contributed by atoms with Crippen LogP contribution in [0.2, 0.25) is 0 Å². The first kappa shape index (κ1) is 17.3. The predicted molar refractivity (Wildman–Crippen MR) is 103 cm³/mol. The van der Waals surface area contributed by atoms with E-state index in [1.165, 1.54) is 0 Å². The molecule has 0 radical (unpaired) electrons. The van der Waals surface area contributed by atoms with Gasteiger partial charge in [-0.1, -0.05) is 42.5 Å². The zero-order valence-corrected chi connectivity index (χ0v) is 14.7. The maximum absolute atomic E-state index is 13.2. The molecule has 0 amide bonds. The van der Waals surface area contributed by atoms with Gasteiger partial charge in [-0.3, -0.25) is 9.59 Å². The number of anilines is 3. The van der Waals surface area contributed by atoms with Crippen molar-refractivity contribution in [1.82, 2.24) is 0 Å². The Kier molecular flexibility index (Phi) is 4.41. The number of fused-ring (bicyclic) bond motifs is 2. The number of hydrogen-bond donors (Lipinski definition) is 3. The van der Waals surface area contributed by atoms with Crippen molar-refractivity contribution in [2.75, 3.05) is 11.1 Å². The molecule has 0 saturated carbocycles. The van der Waals surface area contributed by atoms with Crippen LogP contribution in [0.25, 0.3) is 0 Å². The van der Waals surface area contributed by atoms with E-state index < -0.39 is 0 Å². The maximum Gasteiger partial charge on any atom is 0.196 e. The fraction of sp³-hybridized carbons (Fsp3) is 0. The molecule has 134 valence electrons. The van der Waals surface area contributed by atoms with Crippen LogP contribution < -0.4 is 11.1 Å². The lowest BCUT2D eigenvalue weighted by atomic mass is 9.82. The van der Waals surface area contributed by atoms with Crippen molar-refractivity contribution in [3.8, 4) is 0 Å². The highest BCUT2D eigenvalue weighted by molar-refractivity contribution is 7.94. The second kappa shape index (κ2) is 6.88. The summed E-state index contributed by atoms with van der Waals surface area (Å²) in [5.74, 6) is -0.624. The second-order valence-electron chi connectivity index (χ2n) is 5.94. The molecule has 6 nitrogen and oxygen atoms in total. The summed E-state index contributed by atoms with van der Waals surface area (Å²) in [6.45, 7) is 0. The maximum atomic E-state index is 13.2. The first-order valence-corrected chi connectivity index (χ1v) is 8.81. The van der Waals surface area contributed by atoms with Gasteiger partial charge in [0.05, 0.1) is 39.4 Å². The molecule has 0 fully saturated rings. The van der Waals surface area contributed by atoms with Crippen molar-refractivity contribution in [2.45, 2.75) is 4.90 Å². The molecule has 0 bridgehead atoms. The molecule has 3 aromatic carbocycles. The standard InChI is InChI=1S/C20H14N2O4S/c21-18-15(27-26-25)10-14(22-11-6-2-1-3-7-11)16-17(18)20(24)13-9-5-4-8-12(13)19(16)23/h1-10,22,25H,21H2. The summed E-state index contributed by atoms with van der Waals surface area (Å²) in [5.41, 5.74) is 8.36. The van der Waals surface area contributed by atoms with E-state index in [9.17, 15) is 9.59 Å². The molecular formula is C20H14N2O4S. The van der Waals surface area contributed by atoms with Crippen molar-refractivity contribution in [3.63, 3.8) is 0 Å². The van der Waals surface area contributed by atoms with Crippen LogP contribution in [-0.4, -0.2) is 16.8 Å². The van der Waals surface area contributed by atoms with Crippen LogP contribution in [0.3, 0.4) is 0 Å². The van der Waals surface area contributed by atoms with E-state index in [0.29, 0.717) is 33.8 Å². The lowest BCUT2D eigenvalue weighted by Gasteiger charge is -2.23. The van der Waals surface area contributed by atoms with E-state index in [1.54, 1.807) is 30.3 Å². The Morgan fingerprint density at radius 2 is 1.48 bits per heavy atom. The number of ketones is 2. The van der Waals surface area contributed by atoms with E-state index in [-0.39, 0.29) is 28.4 Å². The topological polar surface area (TPSA) is 102 Å². The first-order valence-electron chi connectivity index (χ1n) is 8.07. The molecule has 1 aliphatic rings. The van der Waals surface area contributed by atoms with Crippen LogP contribution in [-0.2, 0) is 4.33 Å². The molecule has 0 atom stereocenters. The lowest BCUT2D eigenvalue weighted by Crippen LogP contribution is -2.24. The van der Waals surface area contributed by atoms with Gasteiger partial charge in [-0.05, 0) is 18.2 Å². The molecule has 1 aliphatic carbocycles. The minimum atomic E-state index is -0.339. The van der Waals surface area contributed by atoms with E-state index in [1.807, 2.05) is 30.3 Å². The fourth-order valence-corrected chi connectivity index (χ4v) is 3.62. The van der Waals surface area contributed by atoms with Crippen molar-refractivity contribution in [1.29, 1.82) is 0 Å². The monoisotopic (exact) mass is 378 g/mol. The minimum Gasteiger partial charge on any atom is -0.397 e. The fourth-order valence-electron chi connectivity index (χ4n) is 3.18. The molecule has 0 aromatic heterocycles. The molecule has 0 heterocycles. The summed E-state index contributed by atoms with van der Waals surface area (Å²) in [4.78, 5) is 26.5. The highest BCUT2D eigenvalue weighted by Crippen LogP contribution is 2.41. The summed E-state index contributed by atoms with van der Waals surface area (Å²) in [5, 5.41) is 12.0. The van der Waals surface area contributed by atoms with Gasteiger partial charge < -0.3 is 11.1 Å². The highest BCUT2D eigenvalue weighted by Gasteiger charge is 2.34. The van der Waals surface area contributed by atoms with Gasteiger partial charge in [0.2, 0.25) is 0 Å². The van der Waals surface area contributed by atoms with Crippen LogP contribution in [0.1, 0.15) is 31.8 Å². The van der Waals surface area contributed by atoms with Gasteiger partial charge in [0.25, 0.3) is 0 Å². The molecule has 27 heavy (non-hydrogen) atoms. The molecule has 0 unspecified atom stereocenters. The van der Waals surface area contributed by atoms with Gasteiger partial charge in [-0.2, -0.15) is 4.33 Å². The van der Waals surface area contributed by atoms with Gasteiger partial charge in [-0.15, -0.1) is 0 Å².